The number of thiol groups is 1. The molecule has 0 unspecified atom stereocenters. The van der Waals surface area contributed by atoms with Crippen LogP contribution in [0.2, 0.25) is 0 Å². The normalized spacial score (nSPS) is 16.4. The minimum atomic E-state index is 1.03. The SMILES string of the molecule is C1CNNCCN1.CC.OS. The van der Waals surface area contributed by atoms with Crippen LogP contribution in [-0.4, -0.2) is 30.7 Å². The number of hydrazine groups is 1. The van der Waals surface area contributed by atoms with Crippen LogP contribution in [0, 0.1) is 0 Å². The summed E-state index contributed by atoms with van der Waals surface area (Å²) in [6, 6.07) is 0. The highest BCUT2D eigenvalue weighted by atomic mass is 32.1. The fourth-order valence-electron chi connectivity index (χ4n) is 0.604. The second kappa shape index (κ2) is 16.6. The molecule has 1 fully saturated rings. The second-order valence-electron chi connectivity index (χ2n) is 1.60. The Morgan fingerprint density at radius 1 is 0.909 bits per heavy atom. The van der Waals surface area contributed by atoms with Crippen molar-refractivity contribution in [3.05, 3.63) is 0 Å². The van der Waals surface area contributed by atoms with Gasteiger partial charge >= 0.3 is 0 Å². The molecule has 70 valence electrons. The van der Waals surface area contributed by atoms with Gasteiger partial charge in [0.1, 0.15) is 0 Å². The summed E-state index contributed by atoms with van der Waals surface area (Å²) < 4.78 is 6.69. The summed E-state index contributed by atoms with van der Waals surface area (Å²) in [5.41, 5.74) is 6.07. The third-order valence-corrected chi connectivity index (χ3v) is 0.979. The van der Waals surface area contributed by atoms with E-state index in [-0.39, 0.29) is 0 Å². The number of hydrogen-bond acceptors (Lipinski definition) is 5. The van der Waals surface area contributed by atoms with Crippen molar-refractivity contribution in [1.82, 2.24) is 16.2 Å². The molecule has 4 nitrogen and oxygen atoms in total. The zero-order chi connectivity index (χ0) is 8.95. The van der Waals surface area contributed by atoms with Crippen LogP contribution in [0.5, 0.6) is 0 Å². The molecule has 1 aliphatic heterocycles. The lowest BCUT2D eigenvalue weighted by molar-refractivity contribution is 0.587. The summed E-state index contributed by atoms with van der Waals surface area (Å²) in [4.78, 5) is 0. The molecular formula is C6H19N3OS. The molecule has 4 N–H and O–H groups in total. The molecule has 0 bridgehead atoms. The van der Waals surface area contributed by atoms with Gasteiger partial charge in [-0.15, -0.1) is 0 Å². The van der Waals surface area contributed by atoms with Crippen molar-refractivity contribution in [3.8, 4) is 0 Å². The lowest BCUT2D eigenvalue weighted by atomic mass is 10.6. The van der Waals surface area contributed by atoms with Gasteiger partial charge in [-0.3, -0.25) is 10.9 Å². The molecule has 5 heteroatoms. The minimum Gasteiger partial charge on any atom is -0.333 e. The molecule has 0 aromatic carbocycles. The number of hydrogen-bond donors (Lipinski definition) is 5. The topological polar surface area (TPSA) is 56.3 Å². The van der Waals surface area contributed by atoms with Crippen molar-refractivity contribution in [1.29, 1.82) is 0 Å². The van der Waals surface area contributed by atoms with Crippen LogP contribution in [0.15, 0.2) is 0 Å². The van der Waals surface area contributed by atoms with Gasteiger partial charge in [0.15, 0.2) is 0 Å². The Hall–Kier alpha value is 0.190. The van der Waals surface area contributed by atoms with E-state index in [9.17, 15) is 0 Å². The number of nitrogens with one attached hydrogen (secondary N) is 3. The highest BCUT2D eigenvalue weighted by molar-refractivity contribution is 7.74. The van der Waals surface area contributed by atoms with Crippen LogP contribution in [0.1, 0.15) is 13.8 Å². The van der Waals surface area contributed by atoms with E-state index in [0.29, 0.717) is 0 Å². The fourth-order valence-corrected chi connectivity index (χ4v) is 0.604. The van der Waals surface area contributed by atoms with Crippen LogP contribution < -0.4 is 16.2 Å². The maximum absolute atomic E-state index is 6.69. The van der Waals surface area contributed by atoms with Gasteiger partial charge in [0.05, 0.1) is 0 Å². The molecule has 0 aromatic rings. The molecule has 1 aliphatic rings. The monoisotopic (exact) mass is 181 g/mol. The maximum atomic E-state index is 6.69. The van der Waals surface area contributed by atoms with Crippen molar-refractivity contribution in [2.45, 2.75) is 13.8 Å². The Morgan fingerprint density at radius 2 is 1.27 bits per heavy atom. The Balaban J connectivity index is 0. The summed E-state index contributed by atoms with van der Waals surface area (Å²) in [7, 11) is 0. The van der Waals surface area contributed by atoms with Gasteiger partial charge in [-0.2, -0.15) is 0 Å². The van der Waals surface area contributed by atoms with E-state index in [0.717, 1.165) is 26.2 Å². The smallest absolute Gasteiger partial charge is 0.0225 e. The first kappa shape index (κ1) is 13.8. The Labute approximate surface area is 74.3 Å². The van der Waals surface area contributed by atoms with Gasteiger partial charge in [0.25, 0.3) is 0 Å². The van der Waals surface area contributed by atoms with Crippen molar-refractivity contribution in [2.75, 3.05) is 26.2 Å². The largest absolute Gasteiger partial charge is 0.333 e. The lowest BCUT2D eigenvalue weighted by Crippen LogP contribution is -2.32. The lowest BCUT2D eigenvalue weighted by Gasteiger charge is -1.94. The van der Waals surface area contributed by atoms with Gasteiger partial charge < -0.3 is 9.87 Å². The summed E-state index contributed by atoms with van der Waals surface area (Å²) in [6.07, 6.45) is 0. The molecule has 1 saturated heterocycles. The zero-order valence-electron chi connectivity index (χ0n) is 7.22. The average Bonchev–Trinajstić information content (AvgIpc) is 2.42. The Bertz CT molecular complexity index is 37.4. The quantitative estimate of drug-likeness (QED) is 0.272. The fraction of sp³-hybridized carbons (Fsp3) is 1.00. The highest BCUT2D eigenvalue weighted by Gasteiger charge is 1.90. The molecule has 0 spiro atoms. The first-order valence-electron chi connectivity index (χ1n) is 3.86. The van der Waals surface area contributed by atoms with Crippen LogP contribution in [0.25, 0.3) is 0 Å². The first-order valence-corrected chi connectivity index (χ1v) is 4.26. The van der Waals surface area contributed by atoms with Gasteiger partial charge in [0.2, 0.25) is 0 Å². The van der Waals surface area contributed by atoms with Crippen molar-refractivity contribution < 1.29 is 4.55 Å². The first-order chi connectivity index (χ1) is 5.50. The molecule has 0 atom stereocenters. The summed E-state index contributed by atoms with van der Waals surface area (Å²) in [6.45, 7) is 8.21. The van der Waals surface area contributed by atoms with Gasteiger partial charge in [0, 0.05) is 26.2 Å². The molecule has 0 amide bonds. The third kappa shape index (κ3) is 13.2. The second-order valence-corrected chi connectivity index (χ2v) is 1.60. The molecular weight excluding hydrogens is 162 g/mol. The van der Waals surface area contributed by atoms with Gasteiger partial charge in [-0.1, -0.05) is 13.8 Å². The van der Waals surface area contributed by atoms with E-state index in [2.05, 4.69) is 29.1 Å². The molecule has 11 heavy (non-hydrogen) atoms. The molecule has 0 saturated carbocycles. The summed E-state index contributed by atoms with van der Waals surface area (Å²) >= 11 is 2.53. The van der Waals surface area contributed by atoms with E-state index in [1.807, 2.05) is 13.8 Å². The van der Waals surface area contributed by atoms with Crippen LogP contribution in [0.4, 0.5) is 0 Å². The van der Waals surface area contributed by atoms with E-state index < -0.39 is 0 Å². The third-order valence-electron chi connectivity index (χ3n) is 0.979. The zero-order valence-corrected chi connectivity index (χ0v) is 8.12. The van der Waals surface area contributed by atoms with Crippen LogP contribution >= 0.6 is 12.9 Å². The van der Waals surface area contributed by atoms with E-state index in [1.54, 1.807) is 0 Å². The van der Waals surface area contributed by atoms with Gasteiger partial charge in [-0.05, 0) is 12.9 Å². The summed E-state index contributed by atoms with van der Waals surface area (Å²) in [5, 5.41) is 3.22. The minimum absolute atomic E-state index is 1.03. The molecule has 1 rings (SSSR count). The van der Waals surface area contributed by atoms with Crippen molar-refractivity contribution >= 4 is 12.9 Å². The predicted octanol–water partition coefficient (Wildman–Crippen LogP) is 0.0992. The van der Waals surface area contributed by atoms with Gasteiger partial charge in [-0.25, -0.2) is 0 Å². The van der Waals surface area contributed by atoms with Crippen molar-refractivity contribution in [3.63, 3.8) is 0 Å². The number of rotatable bonds is 0. The van der Waals surface area contributed by atoms with Crippen molar-refractivity contribution in [2.24, 2.45) is 0 Å². The standard InChI is InChI=1S/C4H11N3.C2H6.H2OS/c1-3-6-7-4-2-5-1;2*1-2/h5-7H,1-4H2;1-2H3;1-2H. The average molecular weight is 181 g/mol. The maximum Gasteiger partial charge on any atom is 0.0225 e. The predicted molar refractivity (Wildman–Crippen MR) is 51.8 cm³/mol. The molecule has 0 radical (unpaired) electrons. The summed E-state index contributed by atoms with van der Waals surface area (Å²) in [5.74, 6) is 0. The molecule has 0 aromatic heterocycles. The van der Waals surface area contributed by atoms with E-state index in [1.165, 1.54) is 0 Å². The van der Waals surface area contributed by atoms with Crippen LogP contribution in [-0.2, 0) is 0 Å². The van der Waals surface area contributed by atoms with E-state index in [4.69, 9.17) is 4.55 Å². The van der Waals surface area contributed by atoms with Crippen LogP contribution in [0.3, 0.4) is 0 Å². The van der Waals surface area contributed by atoms with E-state index >= 15 is 0 Å². The highest BCUT2D eigenvalue weighted by Crippen LogP contribution is 1.61. The Kier molecular flexibility index (Phi) is 20.8. The molecule has 1 heterocycles. The Morgan fingerprint density at radius 3 is 1.64 bits per heavy atom. The molecule has 0 aliphatic carbocycles.